The Bertz CT molecular complexity index is 544. The highest BCUT2D eigenvalue weighted by Gasteiger charge is 2.27. The van der Waals surface area contributed by atoms with Crippen LogP contribution in [0.4, 0.5) is 5.69 Å². The summed E-state index contributed by atoms with van der Waals surface area (Å²) in [6.07, 6.45) is -0.854. The fourth-order valence-corrected chi connectivity index (χ4v) is 2.26. The normalized spacial score (nSPS) is 19.2. The maximum Gasteiger partial charge on any atom is 0.334 e. The molecule has 114 valence electrons. The Morgan fingerprint density at radius 2 is 2.19 bits per heavy atom. The summed E-state index contributed by atoms with van der Waals surface area (Å²) >= 11 is 0. The molecule has 0 bridgehead atoms. The molecule has 2 rings (SSSR count). The van der Waals surface area contributed by atoms with Crippen LogP contribution in [0.1, 0.15) is 11.1 Å². The molecule has 1 aliphatic heterocycles. The molecule has 0 spiro atoms. The van der Waals surface area contributed by atoms with Crippen LogP contribution in [0.15, 0.2) is 18.2 Å². The number of aryl methyl sites for hydroxylation is 2. The molecular weight excluding hydrogens is 272 g/mol. The van der Waals surface area contributed by atoms with Crippen molar-refractivity contribution in [3.05, 3.63) is 29.3 Å². The van der Waals surface area contributed by atoms with E-state index in [-0.39, 0.29) is 19.0 Å². The fourth-order valence-electron chi connectivity index (χ4n) is 2.26. The van der Waals surface area contributed by atoms with Gasteiger partial charge in [-0.1, -0.05) is 12.1 Å². The quantitative estimate of drug-likeness (QED) is 0.866. The third kappa shape index (κ3) is 4.27. The number of hydrogen-bond acceptors (Lipinski definition) is 4. The number of nitrogens with one attached hydrogen (secondary N) is 1. The van der Waals surface area contributed by atoms with E-state index in [9.17, 15) is 9.59 Å². The maximum atomic E-state index is 12.1. The van der Waals surface area contributed by atoms with Crippen molar-refractivity contribution in [2.75, 3.05) is 31.6 Å². The largest absolute Gasteiger partial charge is 0.479 e. The molecule has 21 heavy (non-hydrogen) atoms. The molecule has 1 heterocycles. The lowest BCUT2D eigenvalue weighted by atomic mass is 10.1. The van der Waals surface area contributed by atoms with Gasteiger partial charge in [-0.2, -0.15) is 0 Å². The molecule has 0 saturated carbocycles. The zero-order valence-corrected chi connectivity index (χ0v) is 12.3. The van der Waals surface area contributed by atoms with Gasteiger partial charge in [-0.15, -0.1) is 0 Å². The predicted octanol–water partition coefficient (Wildman–Crippen LogP) is 1.03. The monoisotopic (exact) mass is 292 g/mol. The van der Waals surface area contributed by atoms with E-state index in [4.69, 9.17) is 9.84 Å². The summed E-state index contributed by atoms with van der Waals surface area (Å²) < 4.78 is 5.13. The van der Waals surface area contributed by atoms with E-state index in [0.29, 0.717) is 13.2 Å². The maximum absolute atomic E-state index is 12.1. The number of rotatable bonds is 4. The van der Waals surface area contributed by atoms with Gasteiger partial charge in [0.15, 0.2) is 6.10 Å². The zero-order valence-electron chi connectivity index (χ0n) is 12.3. The van der Waals surface area contributed by atoms with Gasteiger partial charge in [0.05, 0.1) is 13.2 Å². The summed E-state index contributed by atoms with van der Waals surface area (Å²) in [6.45, 7) is 5.19. The second-order valence-electron chi connectivity index (χ2n) is 5.30. The Morgan fingerprint density at radius 3 is 2.90 bits per heavy atom. The van der Waals surface area contributed by atoms with Crippen molar-refractivity contribution in [2.24, 2.45) is 0 Å². The number of anilines is 1. The lowest BCUT2D eigenvalue weighted by Crippen LogP contribution is -2.48. The van der Waals surface area contributed by atoms with Crippen LogP contribution in [0.25, 0.3) is 0 Å². The van der Waals surface area contributed by atoms with E-state index >= 15 is 0 Å². The predicted molar refractivity (Wildman–Crippen MR) is 78.4 cm³/mol. The second-order valence-corrected chi connectivity index (χ2v) is 5.30. The smallest absolute Gasteiger partial charge is 0.334 e. The lowest BCUT2D eigenvalue weighted by Gasteiger charge is -2.30. The third-order valence-electron chi connectivity index (χ3n) is 3.46. The molecule has 0 aromatic heterocycles. The van der Waals surface area contributed by atoms with Gasteiger partial charge in [-0.25, -0.2) is 4.79 Å². The van der Waals surface area contributed by atoms with Crippen molar-refractivity contribution in [2.45, 2.75) is 20.0 Å². The van der Waals surface area contributed by atoms with Crippen LogP contribution in [0, 0.1) is 13.8 Å². The molecule has 1 aromatic rings. The Labute approximate surface area is 123 Å². The fraction of sp³-hybridized carbons (Fsp3) is 0.467. The SMILES string of the molecule is Cc1ccc(C)c(NC(=O)CN2CCOC(C(=O)O)C2)c1. The minimum absolute atomic E-state index is 0.144. The van der Waals surface area contributed by atoms with Gasteiger partial charge in [0.2, 0.25) is 5.91 Å². The summed E-state index contributed by atoms with van der Waals surface area (Å²) in [5.41, 5.74) is 2.87. The van der Waals surface area contributed by atoms with Crippen molar-refractivity contribution in [1.82, 2.24) is 4.90 Å². The molecule has 6 heteroatoms. The molecule has 1 unspecified atom stereocenters. The Balaban J connectivity index is 1.92. The second kappa shape index (κ2) is 6.69. The van der Waals surface area contributed by atoms with E-state index in [1.807, 2.05) is 32.0 Å². The molecule has 0 aliphatic carbocycles. The van der Waals surface area contributed by atoms with Crippen LogP contribution in [-0.4, -0.2) is 54.2 Å². The van der Waals surface area contributed by atoms with Crippen LogP contribution in [0.2, 0.25) is 0 Å². The molecule has 6 nitrogen and oxygen atoms in total. The topological polar surface area (TPSA) is 78.9 Å². The molecule has 1 aromatic carbocycles. The van der Waals surface area contributed by atoms with E-state index in [2.05, 4.69) is 5.32 Å². The number of amides is 1. The highest BCUT2D eigenvalue weighted by atomic mass is 16.5. The summed E-state index contributed by atoms with van der Waals surface area (Å²) in [6, 6.07) is 5.87. The number of nitrogens with zero attached hydrogens (tertiary/aromatic N) is 1. The van der Waals surface area contributed by atoms with Gasteiger partial charge >= 0.3 is 5.97 Å². The standard InChI is InChI=1S/C15H20N2O4/c1-10-3-4-11(2)12(7-10)16-14(18)9-17-5-6-21-13(8-17)15(19)20/h3-4,7,13H,5-6,8-9H2,1-2H3,(H,16,18)(H,19,20). The highest BCUT2D eigenvalue weighted by molar-refractivity contribution is 5.93. The highest BCUT2D eigenvalue weighted by Crippen LogP contribution is 2.16. The summed E-state index contributed by atoms with van der Waals surface area (Å²) in [5, 5.41) is 11.8. The Kier molecular flexibility index (Phi) is 4.93. The average Bonchev–Trinajstić information content (AvgIpc) is 2.43. The summed E-state index contributed by atoms with van der Waals surface area (Å²) in [4.78, 5) is 24.8. The molecule has 1 atom stereocenters. The zero-order chi connectivity index (χ0) is 15.4. The van der Waals surface area contributed by atoms with Crippen molar-refractivity contribution < 1.29 is 19.4 Å². The third-order valence-corrected chi connectivity index (χ3v) is 3.46. The van der Waals surface area contributed by atoms with Gasteiger partial charge < -0.3 is 15.2 Å². The van der Waals surface area contributed by atoms with Gasteiger partial charge in [-0.3, -0.25) is 9.69 Å². The number of carboxylic acid groups (broad SMARTS) is 1. The number of carbonyl (C=O) groups is 2. The van der Waals surface area contributed by atoms with Crippen molar-refractivity contribution >= 4 is 17.6 Å². The molecule has 2 N–H and O–H groups in total. The molecule has 1 fully saturated rings. The van der Waals surface area contributed by atoms with Crippen LogP contribution in [0.3, 0.4) is 0 Å². The molecule has 1 aliphatic rings. The van der Waals surface area contributed by atoms with E-state index < -0.39 is 12.1 Å². The van der Waals surface area contributed by atoms with Gasteiger partial charge in [-0.05, 0) is 31.0 Å². The van der Waals surface area contributed by atoms with E-state index in [0.717, 1.165) is 16.8 Å². The molecule has 0 radical (unpaired) electrons. The number of benzene rings is 1. The Morgan fingerprint density at radius 1 is 1.43 bits per heavy atom. The number of carbonyl (C=O) groups excluding carboxylic acids is 1. The number of carboxylic acids is 1. The first kappa shape index (κ1) is 15.5. The minimum Gasteiger partial charge on any atom is -0.479 e. The summed E-state index contributed by atoms with van der Waals surface area (Å²) in [7, 11) is 0. The number of ether oxygens (including phenoxy) is 1. The average molecular weight is 292 g/mol. The van der Waals surface area contributed by atoms with Crippen molar-refractivity contribution in [3.63, 3.8) is 0 Å². The van der Waals surface area contributed by atoms with Crippen LogP contribution >= 0.6 is 0 Å². The van der Waals surface area contributed by atoms with Crippen LogP contribution in [0.5, 0.6) is 0 Å². The van der Waals surface area contributed by atoms with E-state index in [1.54, 1.807) is 4.90 Å². The lowest BCUT2D eigenvalue weighted by molar-refractivity contribution is -0.156. The van der Waals surface area contributed by atoms with Gasteiger partial charge in [0.25, 0.3) is 0 Å². The molecular formula is C15H20N2O4. The van der Waals surface area contributed by atoms with Crippen LogP contribution in [-0.2, 0) is 14.3 Å². The van der Waals surface area contributed by atoms with Gasteiger partial charge in [0, 0.05) is 18.8 Å². The number of aliphatic carboxylic acids is 1. The number of hydrogen-bond donors (Lipinski definition) is 2. The first-order valence-electron chi connectivity index (χ1n) is 6.89. The first-order chi connectivity index (χ1) is 9.95. The van der Waals surface area contributed by atoms with E-state index in [1.165, 1.54) is 0 Å². The number of morpholine rings is 1. The molecule has 1 amide bonds. The Hall–Kier alpha value is -1.92. The van der Waals surface area contributed by atoms with Crippen LogP contribution < -0.4 is 5.32 Å². The van der Waals surface area contributed by atoms with Crippen molar-refractivity contribution in [3.8, 4) is 0 Å². The first-order valence-corrected chi connectivity index (χ1v) is 6.89. The summed E-state index contributed by atoms with van der Waals surface area (Å²) in [5.74, 6) is -1.13. The van der Waals surface area contributed by atoms with Gasteiger partial charge in [0.1, 0.15) is 0 Å². The molecule has 1 saturated heterocycles. The minimum atomic E-state index is -0.991. The van der Waals surface area contributed by atoms with Crippen molar-refractivity contribution in [1.29, 1.82) is 0 Å².